The molecule has 3 atom stereocenters. The second-order valence-corrected chi connectivity index (χ2v) is 4.90. The summed E-state index contributed by atoms with van der Waals surface area (Å²) in [6.07, 6.45) is 3.35. The van der Waals surface area contributed by atoms with E-state index in [1.165, 1.54) is 0 Å². The molecule has 1 heterocycles. The molecule has 3 aliphatic rings. The number of amides is 2. The molecule has 0 spiro atoms. The highest BCUT2D eigenvalue weighted by Crippen LogP contribution is 2.56. The van der Waals surface area contributed by atoms with Crippen LogP contribution in [-0.2, 0) is 9.59 Å². The largest absolute Gasteiger partial charge is 0.389 e. The van der Waals surface area contributed by atoms with Crippen LogP contribution in [0.3, 0.4) is 0 Å². The van der Waals surface area contributed by atoms with Crippen LogP contribution in [0.25, 0.3) is 0 Å². The zero-order valence-electron chi connectivity index (χ0n) is 8.82. The third kappa shape index (κ3) is 0.976. The highest BCUT2D eigenvalue weighted by molar-refractivity contribution is 6.16. The summed E-state index contributed by atoms with van der Waals surface area (Å²) in [7, 11) is 0. The Kier molecular flexibility index (Phi) is 1.73. The molecule has 0 aromatic carbocycles. The van der Waals surface area contributed by atoms with Gasteiger partial charge in [0, 0.05) is 11.5 Å². The maximum atomic E-state index is 11.6. The van der Waals surface area contributed by atoms with Gasteiger partial charge in [0.2, 0.25) is 5.91 Å². The molecule has 0 aromatic heterocycles. The van der Waals surface area contributed by atoms with Crippen LogP contribution in [0, 0.1) is 11.8 Å². The number of nitrogens with one attached hydrogen (secondary N) is 1. The average Bonchev–Trinajstić information content (AvgIpc) is 2.78. The van der Waals surface area contributed by atoms with Crippen LogP contribution in [0.5, 0.6) is 0 Å². The lowest BCUT2D eigenvalue weighted by Crippen LogP contribution is -2.40. The molecule has 1 saturated heterocycles. The van der Waals surface area contributed by atoms with Crippen LogP contribution in [0.2, 0.25) is 0 Å². The molecule has 2 bridgehead atoms. The van der Waals surface area contributed by atoms with Gasteiger partial charge >= 0.3 is 0 Å². The molecule has 84 valence electrons. The van der Waals surface area contributed by atoms with Crippen molar-refractivity contribution in [3.8, 4) is 0 Å². The summed E-state index contributed by atoms with van der Waals surface area (Å²) in [5, 5.41) is 12.8. The van der Waals surface area contributed by atoms with Crippen molar-refractivity contribution >= 4 is 11.8 Å². The van der Waals surface area contributed by atoms with E-state index < -0.39 is 11.5 Å². The first-order chi connectivity index (χ1) is 7.57. The van der Waals surface area contributed by atoms with Crippen LogP contribution in [-0.4, -0.2) is 22.5 Å². The lowest BCUT2D eigenvalue weighted by molar-refractivity contribution is -0.128. The quantitative estimate of drug-likeness (QED) is 0.518. The minimum atomic E-state index is -0.868. The topological polar surface area (TPSA) is 66.4 Å². The van der Waals surface area contributed by atoms with Crippen molar-refractivity contribution in [2.24, 2.45) is 11.8 Å². The van der Waals surface area contributed by atoms with Crippen LogP contribution >= 0.6 is 0 Å². The number of hydrogen-bond acceptors (Lipinski definition) is 3. The average molecular weight is 219 g/mol. The highest BCUT2D eigenvalue weighted by Gasteiger charge is 2.59. The SMILES string of the molecule is C=CC[C@@]1(O)CC2=C3C(=O)NC(=O)[C@H]3[C@@H]1C2. The number of aliphatic hydroxyl groups is 1. The fourth-order valence-corrected chi connectivity index (χ4v) is 3.43. The fraction of sp³-hybridized carbons (Fsp3) is 0.500. The predicted molar refractivity (Wildman–Crippen MR) is 56.2 cm³/mol. The molecule has 16 heavy (non-hydrogen) atoms. The number of hydrogen-bond donors (Lipinski definition) is 2. The first-order valence-electron chi connectivity index (χ1n) is 5.47. The Balaban J connectivity index is 2.05. The van der Waals surface area contributed by atoms with Crippen LogP contribution in [0.1, 0.15) is 19.3 Å². The van der Waals surface area contributed by atoms with Crippen molar-refractivity contribution in [3.05, 3.63) is 23.8 Å². The van der Waals surface area contributed by atoms with Gasteiger partial charge in [0.15, 0.2) is 0 Å². The summed E-state index contributed by atoms with van der Waals surface area (Å²) in [6, 6.07) is 0. The second kappa shape index (κ2) is 2.83. The van der Waals surface area contributed by atoms with Crippen molar-refractivity contribution in [1.29, 1.82) is 0 Å². The molecule has 1 aliphatic heterocycles. The molecule has 4 heteroatoms. The molecular formula is C12H13NO3. The third-order valence-corrected chi connectivity index (χ3v) is 4.03. The maximum absolute atomic E-state index is 11.6. The lowest BCUT2D eigenvalue weighted by Gasteiger charge is -2.33. The normalized spacial score (nSPS) is 40.3. The number of imide groups is 1. The van der Waals surface area contributed by atoms with Gasteiger partial charge in [-0.25, -0.2) is 0 Å². The second-order valence-electron chi connectivity index (χ2n) is 4.90. The standard InChI is InChI=1S/C12H13NO3/c1-2-3-12(16)5-6-4-7(12)9-8(6)10(14)13-11(9)15/h2,7,9,16H,1,3-5H2,(H,13,14,15)/t7-,9-,12+/m0/s1. The van der Waals surface area contributed by atoms with E-state index in [0.717, 1.165) is 5.57 Å². The Morgan fingerprint density at radius 3 is 3.00 bits per heavy atom. The summed E-state index contributed by atoms with van der Waals surface area (Å²) in [4.78, 5) is 23.2. The van der Waals surface area contributed by atoms with Crippen molar-refractivity contribution in [2.75, 3.05) is 0 Å². The summed E-state index contributed by atoms with van der Waals surface area (Å²) < 4.78 is 0. The molecule has 2 N–H and O–H groups in total. The summed E-state index contributed by atoms with van der Waals surface area (Å²) >= 11 is 0. The fourth-order valence-electron chi connectivity index (χ4n) is 3.43. The van der Waals surface area contributed by atoms with E-state index in [4.69, 9.17) is 0 Å². The van der Waals surface area contributed by atoms with Gasteiger partial charge in [-0.1, -0.05) is 11.6 Å². The smallest absolute Gasteiger partial charge is 0.254 e. The zero-order valence-corrected chi connectivity index (χ0v) is 8.82. The Morgan fingerprint density at radius 2 is 2.31 bits per heavy atom. The van der Waals surface area contributed by atoms with Gasteiger partial charge in [-0.15, -0.1) is 6.58 Å². The number of carbonyl (C=O) groups is 2. The molecule has 0 radical (unpaired) electrons. The van der Waals surface area contributed by atoms with Crippen molar-refractivity contribution in [2.45, 2.75) is 24.9 Å². The molecule has 2 aliphatic carbocycles. The Morgan fingerprint density at radius 1 is 1.56 bits per heavy atom. The monoisotopic (exact) mass is 219 g/mol. The van der Waals surface area contributed by atoms with Crippen molar-refractivity contribution in [3.63, 3.8) is 0 Å². The molecule has 0 aromatic rings. The number of rotatable bonds is 2. The summed E-state index contributed by atoms with van der Waals surface area (Å²) in [5.41, 5.74) is 0.721. The van der Waals surface area contributed by atoms with Crippen molar-refractivity contribution in [1.82, 2.24) is 5.32 Å². The Labute approximate surface area is 93.0 Å². The lowest BCUT2D eigenvalue weighted by atomic mass is 9.75. The van der Waals surface area contributed by atoms with E-state index in [0.29, 0.717) is 24.8 Å². The molecule has 2 amide bonds. The van der Waals surface area contributed by atoms with Gasteiger partial charge in [0.05, 0.1) is 11.5 Å². The molecule has 3 rings (SSSR count). The van der Waals surface area contributed by atoms with Crippen LogP contribution in [0.4, 0.5) is 0 Å². The maximum Gasteiger partial charge on any atom is 0.254 e. The minimum Gasteiger partial charge on any atom is -0.389 e. The van der Waals surface area contributed by atoms with Crippen LogP contribution < -0.4 is 5.32 Å². The highest BCUT2D eigenvalue weighted by atomic mass is 16.3. The Bertz CT molecular complexity index is 451. The van der Waals surface area contributed by atoms with Gasteiger partial charge in [0.1, 0.15) is 0 Å². The van der Waals surface area contributed by atoms with E-state index in [1.54, 1.807) is 6.08 Å². The van der Waals surface area contributed by atoms with Crippen LogP contribution in [0.15, 0.2) is 23.8 Å². The van der Waals surface area contributed by atoms with Gasteiger partial charge < -0.3 is 5.11 Å². The molecule has 0 unspecified atom stereocenters. The van der Waals surface area contributed by atoms with Crippen molar-refractivity contribution < 1.29 is 14.7 Å². The molecule has 2 fully saturated rings. The molecular weight excluding hydrogens is 206 g/mol. The zero-order chi connectivity index (χ0) is 11.5. The molecule has 1 saturated carbocycles. The molecule has 4 nitrogen and oxygen atoms in total. The van der Waals surface area contributed by atoms with E-state index >= 15 is 0 Å². The minimum absolute atomic E-state index is 0.137. The van der Waals surface area contributed by atoms with E-state index in [1.807, 2.05) is 0 Å². The predicted octanol–water partition coefficient (Wildman–Crippen LogP) is 0.286. The van der Waals surface area contributed by atoms with Gasteiger partial charge in [-0.05, 0) is 19.3 Å². The van der Waals surface area contributed by atoms with Gasteiger partial charge in [-0.3, -0.25) is 14.9 Å². The summed E-state index contributed by atoms with van der Waals surface area (Å²) in [5.74, 6) is -1.06. The van der Waals surface area contributed by atoms with E-state index in [2.05, 4.69) is 11.9 Å². The van der Waals surface area contributed by atoms with E-state index in [-0.39, 0.29) is 17.7 Å². The first-order valence-corrected chi connectivity index (χ1v) is 5.47. The third-order valence-electron chi connectivity index (χ3n) is 4.03. The van der Waals surface area contributed by atoms with Gasteiger partial charge in [-0.2, -0.15) is 0 Å². The van der Waals surface area contributed by atoms with E-state index in [9.17, 15) is 14.7 Å². The first kappa shape index (κ1) is 9.78. The summed E-state index contributed by atoms with van der Waals surface area (Å²) in [6.45, 7) is 3.63. The Hall–Kier alpha value is -1.42. The van der Waals surface area contributed by atoms with Gasteiger partial charge in [0.25, 0.3) is 5.91 Å². The number of carbonyl (C=O) groups excluding carboxylic acids is 2. The number of fused-ring (bicyclic) bond motifs is 4.